The molecule has 0 bridgehead atoms. The maximum absolute atomic E-state index is 12.3. The smallest absolute Gasteiger partial charge is 0.250 e. The summed E-state index contributed by atoms with van der Waals surface area (Å²) < 4.78 is 7.07. The second-order valence-corrected chi connectivity index (χ2v) is 4.92. The molecule has 1 aliphatic rings. The van der Waals surface area contributed by atoms with Gasteiger partial charge in [-0.05, 0) is 25.3 Å². The van der Waals surface area contributed by atoms with Crippen LogP contribution in [-0.2, 0) is 16.6 Å². The number of pyridine rings is 1. The van der Waals surface area contributed by atoms with Crippen molar-refractivity contribution in [2.75, 3.05) is 11.9 Å². The molecule has 104 valence electrons. The lowest BCUT2D eigenvalue weighted by atomic mass is 9.92. The van der Waals surface area contributed by atoms with Crippen LogP contribution in [0.3, 0.4) is 0 Å². The average Bonchev–Trinajstić information content (AvgIpc) is 2.43. The Labute approximate surface area is 112 Å². The fourth-order valence-electron chi connectivity index (χ4n) is 2.45. The lowest BCUT2D eigenvalue weighted by Crippen LogP contribution is -2.38. The quantitative estimate of drug-likeness (QED) is 0.900. The molecule has 0 aliphatic carbocycles. The second kappa shape index (κ2) is 6.02. The van der Waals surface area contributed by atoms with Crippen molar-refractivity contribution >= 4 is 11.6 Å². The lowest BCUT2D eigenvalue weighted by molar-refractivity contribution is -0.129. The molecule has 1 aliphatic heterocycles. The zero-order valence-electron chi connectivity index (χ0n) is 11.4. The van der Waals surface area contributed by atoms with Crippen LogP contribution in [0.4, 0.5) is 5.69 Å². The van der Waals surface area contributed by atoms with E-state index in [4.69, 9.17) is 4.74 Å². The predicted molar refractivity (Wildman–Crippen MR) is 73.1 cm³/mol. The van der Waals surface area contributed by atoms with Crippen molar-refractivity contribution in [3.05, 3.63) is 28.7 Å². The van der Waals surface area contributed by atoms with Crippen LogP contribution in [0.5, 0.6) is 0 Å². The number of nitrogens with zero attached hydrogens (tertiary/aromatic N) is 1. The van der Waals surface area contributed by atoms with Crippen LogP contribution in [-0.4, -0.2) is 23.2 Å². The molecule has 0 saturated carbocycles. The van der Waals surface area contributed by atoms with Crippen LogP contribution in [0.2, 0.25) is 0 Å². The Morgan fingerprint density at radius 2 is 2.32 bits per heavy atom. The monoisotopic (exact) mass is 264 g/mol. The van der Waals surface area contributed by atoms with E-state index in [0.29, 0.717) is 5.69 Å². The molecular weight excluding hydrogens is 244 g/mol. The Morgan fingerprint density at radius 3 is 3.00 bits per heavy atom. The van der Waals surface area contributed by atoms with Gasteiger partial charge in [-0.15, -0.1) is 0 Å². The van der Waals surface area contributed by atoms with E-state index in [2.05, 4.69) is 5.32 Å². The summed E-state index contributed by atoms with van der Waals surface area (Å²) >= 11 is 0. The van der Waals surface area contributed by atoms with Crippen molar-refractivity contribution in [1.29, 1.82) is 0 Å². The third-order valence-electron chi connectivity index (χ3n) is 3.53. The van der Waals surface area contributed by atoms with Crippen molar-refractivity contribution in [2.24, 2.45) is 13.0 Å². The summed E-state index contributed by atoms with van der Waals surface area (Å²) in [5, 5.41) is 2.87. The maximum atomic E-state index is 12.3. The topological polar surface area (TPSA) is 60.3 Å². The summed E-state index contributed by atoms with van der Waals surface area (Å²) in [6.07, 6.45) is 4.25. The van der Waals surface area contributed by atoms with Gasteiger partial charge in [-0.3, -0.25) is 9.59 Å². The molecule has 1 amide bonds. The normalized spacial score (nSPS) is 23.1. The van der Waals surface area contributed by atoms with Gasteiger partial charge < -0.3 is 14.6 Å². The van der Waals surface area contributed by atoms with Gasteiger partial charge in [0, 0.05) is 25.9 Å². The third kappa shape index (κ3) is 3.23. The first-order chi connectivity index (χ1) is 9.11. The number of hydrogen-bond acceptors (Lipinski definition) is 3. The zero-order chi connectivity index (χ0) is 13.8. The molecule has 19 heavy (non-hydrogen) atoms. The molecule has 0 unspecified atom stereocenters. The molecule has 5 nitrogen and oxygen atoms in total. The van der Waals surface area contributed by atoms with E-state index < -0.39 is 0 Å². The Hall–Kier alpha value is -1.62. The molecule has 5 heteroatoms. The van der Waals surface area contributed by atoms with E-state index in [1.54, 1.807) is 19.3 Å². The van der Waals surface area contributed by atoms with Gasteiger partial charge in [-0.25, -0.2) is 0 Å². The highest BCUT2D eigenvalue weighted by molar-refractivity contribution is 5.92. The minimum atomic E-state index is -0.101. The van der Waals surface area contributed by atoms with Gasteiger partial charge in [-0.1, -0.05) is 6.92 Å². The number of ether oxygens (including phenoxy) is 1. The van der Waals surface area contributed by atoms with Crippen molar-refractivity contribution in [3.8, 4) is 0 Å². The van der Waals surface area contributed by atoms with Crippen LogP contribution in [0.15, 0.2) is 23.1 Å². The number of anilines is 1. The summed E-state index contributed by atoms with van der Waals surface area (Å²) in [4.78, 5) is 23.5. The molecule has 2 rings (SSSR count). The van der Waals surface area contributed by atoms with E-state index in [-0.39, 0.29) is 23.5 Å². The fourth-order valence-corrected chi connectivity index (χ4v) is 2.45. The molecule has 1 fully saturated rings. The van der Waals surface area contributed by atoms with Crippen LogP contribution in [0, 0.1) is 5.92 Å². The molecule has 1 aromatic heterocycles. The fraction of sp³-hybridized carbons (Fsp3) is 0.571. The number of hydrogen-bond donors (Lipinski definition) is 1. The summed E-state index contributed by atoms with van der Waals surface area (Å²) in [6, 6.07) is 3.08. The highest BCUT2D eigenvalue weighted by atomic mass is 16.5. The Morgan fingerprint density at radius 1 is 1.53 bits per heavy atom. The zero-order valence-corrected chi connectivity index (χ0v) is 11.4. The van der Waals surface area contributed by atoms with Crippen LogP contribution >= 0.6 is 0 Å². The summed E-state index contributed by atoms with van der Waals surface area (Å²) in [5.41, 5.74) is 0.554. The molecule has 1 aromatic rings. The van der Waals surface area contributed by atoms with Crippen molar-refractivity contribution in [2.45, 2.75) is 32.3 Å². The molecule has 2 atom stereocenters. The van der Waals surface area contributed by atoms with E-state index in [1.807, 2.05) is 6.92 Å². The minimum Gasteiger partial charge on any atom is -0.377 e. The summed E-state index contributed by atoms with van der Waals surface area (Å²) in [5.74, 6) is -0.124. The van der Waals surface area contributed by atoms with Gasteiger partial charge in [0.15, 0.2) is 0 Å². The number of aromatic nitrogens is 1. The molecule has 2 heterocycles. The Bertz CT molecular complexity index is 510. The van der Waals surface area contributed by atoms with E-state index in [9.17, 15) is 9.59 Å². The first-order valence-corrected chi connectivity index (χ1v) is 6.71. The molecule has 1 N–H and O–H groups in total. The van der Waals surface area contributed by atoms with Crippen molar-refractivity contribution in [1.82, 2.24) is 4.57 Å². The standard InChI is InChI=1S/C14H20N2O3/c1-3-12-11(5-4-8-19-12)14(18)15-10-6-7-13(17)16(2)9-10/h6-7,9,11-12H,3-5,8H2,1-2H3,(H,15,18)/t11-,12-/m1/s1. The Kier molecular flexibility index (Phi) is 4.37. The van der Waals surface area contributed by atoms with Gasteiger partial charge in [0.25, 0.3) is 0 Å². The van der Waals surface area contributed by atoms with Crippen molar-refractivity contribution < 1.29 is 9.53 Å². The first kappa shape index (κ1) is 13.8. The Balaban J connectivity index is 2.07. The van der Waals surface area contributed by atoms with Crippen LogP contribution in [0.25, 0.3) is 0 Å². The van der Waals surface area contributed by atoms with E-state index in [0.717, 1.165) is 25.9 Å². The van der Waals surface area contributed by atoms with Gasteiger partial charge in [-0.2, -0.15) is 0 Å². The highest BCUT2D eigenvalue weighted by Gasteiger charge is 2.30. The van der Waals surface area contributed by atoms with E-state index >= 15 is 0 Å². The molecule has 1 saturated heterocycles. The van der Waals surface area contributed by atoms with Gasteiger partial charge >= 0.3 is 0 Å². The third-order valence-corrected chi connectivity index (χ3v) is 3.53. The summed E-state index contributed by atoms with van der Waals surface area (Å²) in [7, 11) is 1.66. The SMILES string of the molecule is CC[C@H]1OCCC[C@H]1C(=O)Nc1ccc(=O)n(C)c1. The van der Waals surface area contributed by atoms with Crippen molar-refractivity contribution in [3.63, 3.8) is 0 Å². The molecule has 0 spiro atoms. The number of nitrogens with one attached hydrogen (secondary N) is 1. The van der Waals surface area contributed by atoms with Crippen LogP contribution < -0.4 is 10.9 Å². The number of rotatable bonds is 3. The highest BCUT2D eigenvalue weighted by Crippen LogP contribution is 2.24. The van der Waals surface area contributed by atoms with Gasteiger partial charge in [0.05, 0.1) is 17.7 Å². The summed E-state index contributed by atoms with van der Waals surface area (Å²) in [6.45, 7) is 2.77. The van der Waals surface area contributed by atoms with Crippen LogP contribution in [0.1, 0.15) is 26.2 Å². The first-order valence-electron chi connectivity index (χ1n) is 6.71. The number of carbonyl (C=O) groups is 1. The minimum absolute atomic E-state index is 0.00119. The predicted octanol–water partition coefficient (Wildman–Crippen LogP) is 1.53. The maximum Gasteiger partial charge on any atom is 0.250 e. The van der Waals surface area contributed by atoms with Gasteiger partial charge in [0.1, 0.15) is 0 Å². The number of aryl methyl sites for hydroxylation is 1. The van der Waals surface area contributed by atoms with Gasteiger partial charge in [0.2, 0.25) is 11.5 Å². The molecule has 0 radical (unpaired) electrons. The number of carbonyl (C=O) groups excluding carboxylic acids is 1. The molecule has 0 aromatic carbocycles. The average molecular weight is 264 g/mol. The van der Waals surface area contributed by atoms with E-state index in [1.165, 1.54) is 10.6 Å². The second-order valence-electron chi connectivity index (χ2n) is 4.92. The molecular formula is C14H20N2O3. The number of amides is 1. The lowest BCUT2D eigenvalue weighted by Gasteiger charge is -2.30. The largest absolute Gasteiger partial charge is 0.377 e.